The van der Waals surface area contributed by atoms with Gasteiger partial charge in [0.25, 0.3) is 0 Å². The van der Waals surface area contributed by atoms with Gasteiger partial charge in [0.1, 0.15) is 6.61 Å². The van der Waals surface area contributed by atoms with E-state index >= 15 is 0 Å². The summed E-state index contributed by atoms with van der Waals surface area (Å²) in [6.45, 7) is 0.884. The quantitative estimate of drug-likeness (QED) is 0.817. The molecule has 0 spiro atoms. The Labute approximate surface area is 137 Å². The highest BCUT2D eigenvalue weighted by Crippen LogP contribution is 2.26. The van der Waals surface area contributed by atoms with Gasteiger partial charge in [0.05, 0.1) is 19.8 Å². The molecule has 1 fully saturated rings. The number of carbonyl (C=O) groups excluding carboxylic acids is 1. The van der Waals surface area contributed by atoms with E-state index in [0.29, 0.717) is 43.9 Å². The summed E-state index contributed by atoms with van der Waals surface area (Å²) in [5, 5.41) is 9.65. The molecule has 0 aromatic heterocycles. The molecule has 1 amide bonds. The molecule has 1 saturated carbocycles. The van der Waals surface area contributed by atoms with Gasteiger partial charge in [0.15, 0.2) is 11.5 Å². The SMILES string of the molecule is COc1ccccc1OCCN(C)C(=O)[C@H]1CC[C@@H](O)[C@H](N)C1. The predicted molar refractivity (Wildman–Crippen MR) is 87.4 cm³/mol. The molecule has 3 atom stereocenters. The van der Waals surface area contributed by atoms with E-state index in [0.717, 1.165) is 0 Å². The highest BCUT2D eigenvalue weighted by atomic mass is 16.5. The fourth-order valence-electron chi connectivity index (χ4n) is 2.87. The van der Waals surface area contributed by atoms with Crippen LogP contribution in [0.3, 0.4) is 0 Å². The highest BCUT2D eigenvalue weighted by Gasteiger charge is 2.32. The van der Waals surface area contributed by atoms with Gasteiger partial charge in [-0.1, -0.05) is 12.1 Å². The van der Waals surface area contributed by atoms with E-state index in [-0.39, 0.29) is 17.9 Å². The van der Waals surface area contributed by atoms with Gasteiger partial charge in [-0.3, -0.25) is 4.79 Å². The van der Waals surface area contributed by atoms with E-state index in [4.69, 9.17) is 15.2 Å². The summed E-state index contributed by atoms with van der Waals surface area (Å²) in [6, 6.07) is 7.11. The molecule has 1 aromatic carbocycles. The Morgan fingerprint density at radius 2 is 2.04 bits per heavy atom. The van der Waals surface area contributed by atoms with Crippen molar-refractivity contribution in [2.45, 2.75) is 31.4 Å². The molecule has 0 radical (unpaired) electrons. The van der Waals surface area contributed by atoms with Crippen molar-refractivity contribution in [1.82, 2.24) is 4.90 Å². The van der Waals surface area contributed by atoms with Gasteiger partial charge in [0.2, 0.25) is 5.91 Å². The number of rotatable bonds is 6. The molecule has 0 bridgehead atoms. The number of methoxy groups -OCH3 is 1. The molecule has 1 aromatic rings. The molecule has 6 nitrogen and oxygen atoms in total. The first-order valence-corrected chi connectivity index (χ1v) is 7.97. The Morgan fingerprint density at radius 3 is 2.70 bits per heavy atom. The first-order chi connectivity index (χ1) is 11.0. The number of aliphatic hydroxyl groups excluding tert-OH is 1. The van der Waals surface area contributed by atoms with Gasteiger partial charge in [-0.15, -0.1) is 0 Å². The van der Waals surface area contributed by atoms with Crippen LogP contribution in [0.4, 0.5) is 0 Å². The van der Waals surface area contributed by atoms with E-state index in [1.807, 2.05) is 24.3 Å². The second-order valence-electron chi connectivity index (χ2n) is 6.00. The molecule has 1 aliphatic rings. The first kappa shape index (κ1) is 17.6. The third kappa shape index (κ3) is 4.59. The number of nitrogens with two attached hydrogens (primary N) is 1. The summed E-state index contributed by atoms with van der Waals surface area (Å²) >= 11 is 0. The number of amides is 1. The van der Waals surface area contributed by atoms with E-state index in [2.05, 4.69) is 0 Å². The Kier molecular flexibility index (Phi) is 6.24. The maximum Gasteiger partial charge on any atom is 0.225 e. The average molecular weight is 322 g/mol. The van der Waals surface area contributed by atoms with Crippen LogP contribution in [0.25, 0.3) is 0 Å². The van der Waals surface area contributed by atoms with Crippen LogP contribution in [0.1, 0.15) is 19.3 Å². The number of aliphatic hydroxyl groups is 1. The number of benzene rings is 1. The lowest BCUT2D eigenvalue weighted by Gasteiger charge is -2.32. The van der Waals surface area contributed by atoms with E-state index < -0.39 is 6.10 Å². The summed E-state index contributed by atoms with van der Waals surface area (Å²) in [6.07, 6.45) is 1.32. The molecule has 0 heterocycles. The second kappa shape index (κ2) is 8.17. The van der Waals surface area contributed by atoms with Crippen LogP contribution >= 0.6 is 0 Å². The maximum absolute atomic E-state index is 12.4. The van der Waals surface area contributed by atoms with Crippen LogP contribution in [0.2, 0.25) is 0 Å². The number of carbonyl (C=O) groups is 1. The summed E-state index contributed by atoms with van der Waals surface area (Å²) < 4.78 is 10.9. The number of hydrogen-bond acceptors (Lipinski definition) is 5. The van der Waals surface area contributed by atoms with Crippen molar-refractivity contribution in [3.8, 4) is 11.5 Å². The molecule has 128 valence electrons. The number of hydrogen-bond donors (Lipinski definition) is 2. The highest BCUT2D eigenvalue weighted by molar-refractivity contribution is 5.78. The zero-order valence-corrected chi connectivity index (χ0v) is 13.8. The predicted octanol–water partition coefficient (Wildman–Crippen LogP) is 1.02. The number of likely N-dealkylation sites (N-methyl/N-ethyl adjacent to an activating group) is 1. The van der Waals surface area contributed by atoms with Crippen molar-refractivity contribution >= 4 is 5.91 Å². The number of nitrogens with zero attached hydrogens (tertiary/aromatic N) is 1. The van der Waals surface area contributed by atoms with Gasteiger partial charge in [-0.2, -0.15) is 0 Å². The van der Waals surface area contributed by atoms with Crippen molar-refractivity contribution in [1.29, 1.82) is 0 Å². The van der Waals surface area contributed by atoms with Crippen molar-refractivity contribution in [2.75, 3.05) is 27.3 Å². The Hall–Kier alpha value is -1.79. The van der Waals surface area contributed by atoms with Crippen LogP contribution in [0.15, 0.2) is 24.3 Å². The maximum atomic E-state index is 12.4. The summed E-state index contributed by atoms with van der Waals surface area (Å²) in [7, 11) is 3.36. The second-order valence-corrected chi connectivity index (χ2v) is 6.00. The zero-order valence-electron chi connectivity index (χ0n) is 13.8. The summed E-state index contributed by atoms with van der Waals surface area (Å²) in [4.78, 5) is 14.1. The monoisotopic (exact) mass is 322 g/mol. The molecular formula is C17H26N2O4. The standard InChI is InChI=1S/C17H26N2O4/c1-19(17(21)12-7-8-14(20)13(18)11-12)9-10-23-16-6-4-3-5-15(16)22-2/h3-6,12-14,20H,7-11,18H2,1-2H3/t12-,13+,14+/m0/s1. The first-order valence-electron chi connectivity index (χ1n) is 7.97. The van der Waals surface area contributed by atoms with E-state index in [1.165, 1.54) is 0 Å². The molecule has 0 saturated heterocycles. The molecule has 2 rings (SSSR count). The fraction of sp³-hybridized carbons (Fsp3) is 0.588. The summed E-state index contributed by atoms with van der Waals surface area (Å²) in [5.41, 5.74) is 5.86. The van der Waals surface area contributed by atoms with Gasteiger partial charge < -0.3 is 25.2 Å². The Balaban J connectivity index is 1.80. The van der Waals surface area contributed by atoms with Crippen LogP contribution in [0.5, 0.6) is 11.5 Å². The molecule has 0 unspecified atom stereocenters. The molecule has 6 heteroatoms. The molecule has 3 N–H and O–H groups in total. The topological polar surface area (TPSA) is 85.0 Å². The van der Waals surface area contributed by atoms with Gasteiger partial charge in [-0.25, -0.2) is 0 Å². The van der Waals surface area contributed by atoms with Gasteiger partial charge in [0, 0.05) is 19.0 Å². The third-order valence-corrected chi connectivity index (χ3v) is 4.34. The van der Waals surface area contributed by atoms with Crippen LogP contribution in [0, 0.1) is 5.92 Å². The average Bonchev–Trinajstić information content (AvgIpc) is 2.57. The minimum atomic E-state index is -0.488. The lowest BCUT2D eigenvalue weighted by molar-refractivity contribution is -0.136. The van der Waals surface area contributed by atoms with Gasteiger partial charge >= 0.3 is 0 Å². The minimum Gasteiger partial charge on any atom is -0.493 e. The lowest BCUT2D eigenvalue weighted by atomic mass is 9.83. The fourth-order valence-corrected chi connectivity index (χ4v) is 2.87. The minimum absolute atomic E-state index is 0.0657. The van der Waals surface area contributed by atoms with Crippen LogP contribution < -0.4 is 15.2 Å². The molecule has 1 aliphatic carbocycles. The number of para-hydroxylation sites is 2. The Morgan fingerprint density at radius 1 is 1.35 bits per heavy atom. The van der Waals surface area contributed by atoms with Crippen molar-refractivity contribution < 1.29 is 19.4 Å². The van der Waals surface area contributed by atoms with E-state index in [1.54, 1.807) is 19.1 Å². The third-order valence-electron chi connectivity index (χ3n) is 4.34. The van der Waals surface area contributed by atoms with Crippen molar-refractivity contribution in [3.63, 3.8) is 0 Å². The molecular weight excluding hydrogens is 296 g/mol. The van der Waals surface area contributed by atoms with Crippen molar-refractivity contribution in [3.05, 3.63) is 24.3 Å². The largest absolute Gasteiger partial charge is 0.493 e. The molecule has 23 heavy (non-hydrogen) atoms. The zero-order chi connectivity index (χ0) is 16.8. The normalized spacial score (nSPS) is 24.1. The van der Waals surface area contributed by atoms with Crippen molar-refractivity contribution in [2.24, 2.45) is 11.7 Å². The van der Waals surface area contributed by atoms with Crippen LogP contribution in [-0.2, 0) is 4.79 Å². The van der Waals surface area contributed by atoms with Gasteiger partial charge in [-0.05, 0) is 31.4 Å². The molecule has 0 aliphatic heterocycles. The number of ether oxygens (including phenoxy) is 2. The lowest BCUT2D eigenvalue weighted by Crippen LogP contribution is -2.45. The smallest absolute Gasteiger partial charge is 0.225 e. The Bertz CT molecular complexity index is 523. The van der Waals surface area contributed by atoms with E-state index in [9.17, 15) is 9.90 Å². The van der Waals surface area contributed by atoms with Crippen LogP contribution in [-0.4, -0.2) is 55.4 Å². The summed E-state index contributed by atoms with van der Waals surface area (Å²) in [5.74, 6) is 1.30.